The monoisotopic (exact) mass is 307 g/mol. The first-order chi connectivity index (χ1) is 11.2. The van der Waals surface area contributed by atoms with Crippen LogP contribution in [0.3, 0.4) is 0 Å². The summed E-state index contributed by atoms with van der Waals surface area (Å²) in [6.07, 6.45) is 7.64. The van der Waals surface area contributed by atoms with E-state index in [1.54, 1.807) is 30.1 Å². The van der Waals surface area contributed by atoms with Crippen molar-refractivity contribution >= 4 is 16.5 Å². The number of nitrogens with zero attached hydrogens (tertiary/aromatic N) is 2. The van der Waals surface area contributed by atoms with Gasteiger partial charge in [-0.05, 0) is 30.2 Å². The highest BCUT2D eigenvalue weighted by atomic mass is 16.1. The summed E-state index contributed by atoms with van der Waals surface area (Å²) in [5.74, 6) is 0. The predicted molar refractivity (Wildman–Crippen MR) is 95.8 cm³/mol. The molecular weight excluding hydrogens is 286 g/mol. The molecule has 3 rings (SSSR count). The van der Waals surface area contributed by atoms with Crippen molar-refractivity contribution in [1.82, 2.24) is 9.55 Å². The van der Waals surface area contributed by atoms with Crippen LogP contribution >= 0.6 is 0 Å². The zero-order chi connectivity index (χ0) is 16.2. The molecule has 2 aromatic heterocycles. The van der Waals surface area contributed by atoms with E-state index in [1.165, 1.54) is 6.42 Å². The van der Waals surface area contributed by atoms with E-state index in [-0.39, 0.29) is 5.56 Å². The molecule has 3 aromatic rings. The average molecular weight is 307 g/mol. The zero-order valence-corrected chi connectivity index (χ0v) is 13.5. The maximum Gasteiger partial charge on any atom is 0.258 e. The van der Waals surface area contributed by atoms with Gasteiger partial charge >= 0.3 is 0 Å². The lowest BCUT2D eigenvalue weighted by atomic mass is 10.0. The van der Waals surface area contributed by atoms with Crippen LogP contribution in [0.5, 0.6) is 0 Å². The van der Waals surface area contributed by atoms with Gasteiger partial charge in [-0.2, -0.15) is 0 Å². The summed E-state index contributed by atoms with van der Waals surface area (Å²) in [7, 11) is 1.79. The molecule has 4 nitrogen and oxygen atoms in total. The fourth-order valence-electron chi connectivity index (χ4n) is 2.74. The Morgan fingerprint density at radius 3 is 2.91 bits per heavy atom. The number of unbranched alkanes of at least 4 members (excludes halogenated alkanes) is 1. The van der Waals surface area contributed by atoms with Crippen molar-refractivity contribution in [2.45, 2.75) is 19.8 Å². The second-order valence-corrected chi connectivity index (χ2v) is 5.74. The van der Waals surface area contributed by atoms with Crippen molar-refractivity contribution in [1.29, 1.82) is 0 Å². The highest BCUT2D eigenvalue weighted by molar-refractivity contribution is 5.95. The van der Waals surface area contributed by atoms with Crippen molar-refractivity contribution in [3.05, 3.63) is 59.3 Å². The highest BCUT2D eigenvalue weighted by Gasteiger charge is 2.09. The normalized spacial score (nSPS) is 10.9. The van der Waals surface area contributed by atoms with Crippen LogP contribution in [0.2, 0.25) is 0 Å². The number of aromatic nitrogens is 2. The molecule has 0 atom stereocenters. The van der Waals surface area contributed by atoms with Crippen LogP contribution in [0.15, 0.2) is 53.7 Å². The first-order valence-electron chi connectivity index (χ1n) is 7.98. The van der Waals surface area contributed by atoms with E-state index < -0.39 is 0 Å². The first kappa shape index (κ1) is 15.3. The molecule has 23 heavy (non-hydrogen) atoms. The Bertz CT molecular complexity index is 883. The van der Waals surface area contributed by atoms with Crippen LogP contribution < -0.4 is 10.9 Å². The van der Waals surface area contributed by atoms with Gasteiger partial charge in [0, 0.05) is 48.8 Å². The Morgan fingerprint density at radius 1 is 1.22 bits per heavy atom. The molecule has 0 aliphatic carbocycles. The number of benzene rings is 1. The minimum absolute atomic E-state index is 0.00313. The third-order valence-corrected chi connectivity index (χ3v) is 4.02. The number of hydrogen-bond donors (Lipinski definition) is 1. The van der Waals surface area contributed by atoms with Gasteiger partial charge in [0.2, 0.25) is 0 Å². The summed E-state index contributed by atoms with van der Waals surface area (Å²) in [4.78, 5) is 16.5. The summed E-state index contributed by atoms with van der Waals surface area (Å²) >= 11 is 0. The minimum atomic E-state index is 0.00313. The molecule has 0 saturated heterocycles. The van der Waals surface area contributed by atoms with Gasteiger partial charge in [0.25, 0.3) is 5.56 Å². The molecule has 2 heterocycles. The van der Waals surface area contributed by atoms with Crippen LogP contribution in [-0.4, -0.2) is 16.1 Å². The van der Waals surface area contributed by atoms with E-state index in [9.17, 15) is 4.79 Å². The minimum Gasteiger partial charge on any atom is -0.385 e. The first-order valence-corrected chi connectivity index (χ1v) is 7.98. The Balaban J connectivity index is 2.08. The predicted octanol–water partition coefficient (Wildman–Crippen LogP) is 3.81. The van der Waals surface area contributed by atoms with Crippen molar-refractivity contribution in [3.63, 3.8) is 0 Å². The lowest BCUT2D eigenvalue weighted by molar-refractivity contribution is 0.834. The Hall–Kier alpha value is -2.62. The summed E-state index contributed by atoms with van der Waals surface area (Å²) < 4.78 is 1.63. The van der Waals surface area contributed by atoms with Gasteiger partial charge in [0.15, 0.2) is 0 Å². The number of hydrogen-bond acceptors (Lipinski definition) is 3. The molecule has 0 aliphatic heterocycles. The SMILES string of the molecule is CCCCNc1cccc(-c2cn(C)c(=O)c3ccncc23)c1. The quantitative estimate of drug-likeness (QED) is 0.729. The van der Waals surface area contributed by atoms with Crippen LogP contribution in [-0.2, 0) is 7.05 Å². The average Bonchev–Trinajstić information content (AvgIpc) is 2.59. The molecule has 0 saturated carbocycles. The number of anilines is 1. The van der Waals surface area contributed by atoms with E-state index >= 15 is 0 Å². The second-order valence-electron chi connectivity index (χ2n) is 5.74. The molecule has 1 aromatic carbocycles. The van der Waals surface area contributed by atoms with Crippen LogP contribution in [0.1, 0.15) is 19.8 Å². The molecule has 0 radical (unpaired) electrons. The second kappa shape index (κ2) is 6.65. The van der Waals surface area contributed by atoms with Crippen molar-refractivity contribution in [2.75, 3.05) is 11.9 Å². The van der Waals surface area contributed by atoms with Crippen LogP contribution in [0.4, 0.5) is 5.69 Å². The van der Waals surface area contributed by atoms with E-state index in [0.717, 1.165) is 35.2 Å². The number of aryl methyl sites for hydroxylation is 1. The summed E-state index contributed by atoms with van der Waals surface area (Å²) in [6.45, 7) is 3.15. The maximum atomic E-state index is 12.3. The van der Waals surface area contributed by atoms with E-state index in [0.29, 0.717) is 5.39 Å². The van der Waals surface area contributed by atoms with Crippen molar-refractivity contribution in [3.8, 4) is 11.1 Å². The smallest absolute Gasteiger partial charge is 0.258 e. The van der Waals surface area contributed by atoms with Gasteiger partial charge in [-0.15, -0.1) is 0 Å². The standard InChI is InChI=1S/C19H21N3O/c1-3-4-9-21-15-7-5-6-14(11-15)18-13-22(2)19(23)16-8-10-20-12-17(16)18/h5-8,10-13,21H,3-4,9H2,1-2H3. The highest BCUT2D eigenvalue weighted by Crippen LogP contribution is 2.28. The topological polar surface area (TPSA) is 46.9 Å². The Labute approximate surface area is 135 Å². The summed E-state index contributed by atoms with van der Waals surface area (Å²) in [5, 5.41) is 5.03. The molecule has 0 spiro atoms. The van der Waals surface area contributed by atoms with Crippen LogP contribution in [0.25, 0.3) is 21.9 Å². The van der Waals surface area contributed by atoms with Gasteiger partial charge < -0.3 is 9.88 Å². The lowest BCUT2D eigenvalue weighted by Gasteiger charge is -2.11. The molecule has 0 fully saturated rings. The fourth-order valence-corrected chi connectivity index (χ4v) is 2.74. The third kappa shape index (κ3) is 3.11. The van der Waals surface area contributed by atoms with Gasteiger partial charge in [0.1, 0.15) is 0 Å². The Kier molecular flexibility index (Phi) is 4.42. The molecule has 0 unspecified atom stereocenters. The fraction of sp³-hybridized carbons (Fsp3) is 0.263. The van der Waals surface area contributed by atoms with Crippen molar-refractivity contribution in [2.24, 2.45) is 7.05 Å². The van der Waals surface area contributed by atoms with Crippen molar-refractivity contribution < 1.29 is 0 Å². The van der Waals surface area contributed by atoms with E-state index in [2.05, 4.69) is 35.4 Å². The number of nitrogens with one attached hydrogen (secondary N) is 1. The maximum absolute atomic E-state index is 12.3. The zero-order valence-electron chi connectivity index (χ0n) is 13.5. The number of rotatable bonds is 5. The van der Waals surface area contributed by atoms with Gasteiger partial charge in [-0.25, -0.2) is 0 Å². The Morgan fingerprint density at radius 2 is 2.09 bits per heavy atom. The molecule has 0 amide bonds. The van der Waals surface area contributed by atoms with Gasteiger partial charge in [-0.1, -0.05) is 25.5 Å². The molecule has 4 heteroatoms. The van der Waals surface area contributed by atoms with E-state index in [4.69, 9.17) is 0 Å². The molecular formula is C19H21N3O. The number of pyridine rings is 2. The summed E-state index contributed by atoms with van der Waals surface area (Å²) in [6, 6.07) is 10.1. The molecule has 0 bridgehead atoms. The number of fused-ring (bicyclic) bond motifs is 1. The molecule has 0 aliphatic rings. The third-order valence-electron chi connectivity index (χ3n) is 4.02. The molecule has 118 valence electrons. The summed E-state index contributed by atoms with van der Waals surface area (Å²) in [5.41, 5.74) is 3.21. The molecule has 1 N–H and O–H groups in total. The van der Waals surface area contributed by atoms with Gasteiger partial charge in [0.05, 0.1) is 5.39 Å². The van der Waals surface area contributed by atoms with E-state index in [1.807, 2.05) is 12.3 Å². The lowest BCUT2D eigenvalue weighted by Crippen LogP contribution is -2.16. The van der Waals surface area contributed by atoms with Crippen LogP contribution in [0, 0.1) is 0 Å². The van der Waals surface area contributed by atoms with Gasteiger partial charge in [-0.3, -0.25) is 9.78 Å². The largest absolute Gasteiger partial charge is 0.385 e.